The quantitative estimate of drug-likeness (QED) is 0.850. The number of carbonyl (C=O) groups is 1. The number of piperazine rings is 1. The SMILES string of the molecule is Cc1cc(C)c(N2CCN(C(=O)Nc3ccc(N(C)C)cc3)CC2)c(Cl)c1. The molecule has 27 heavy (non-hydrogen) atoms. The van der Waals surface area contributed by atoms with Crippen molar-refractivity contribution in [3.8, 4) is 0 Å². The van der Waals surface area contributed by atoms with Crippen LogP contribution in [0.1, 0.15) is 11.1 Å². The van der Waals surface area contributed by atoms with E-state index in [1.807, 2.05) is 54.2 Å². The molecule has 1 aliphatic rings. The predicted octanol–water partition coefficient (Wildman–Crippen LogP) is 4.38. The highest BCUT2D eigenvalue weighted by atomic mass is 35.5. The standard InChI is InChI=1S/C21H27ClN4O/c1-15-13-16(2)20(19(22)14-15)25-9-11-26(12-10-25)21(27)23-17-5-7-18(8-6-17)24(3)4/h5-8,13-14H,9-12H2,1-4H3,(H,23,27). The molecule has 3 rings (SSSR count). The summed E-state index contributed by atoms with van der Waals surface area (Å²) in [5.41, 5.74) is 5.34. The predicted molar refractivity (Wildman–Crippen MR) is 114 cm³/mol. The molecule has 2 amide bonds. The summed E-state index contributed by atoms with van der Waals surface area (Å²) in [5, 5.41) is 3.77. The summed E-state index contributed by atoms with van der Waals surface area (Å²) in [6.45, 7) is 7.03. The van der Waals surface area contributed by atoms with E-state index in [0.717, 1.165) is 35.2 Å². The number of benzene rings is 2. The summed E-state index contributed by atoms with van der Waals surface area (Å²) < 4.78 is 0. The van der Waals surface area contributed by atoms with Gasteiger partial charge in [-0.2, -0.15) is 0 Å². The lowest BCUT2D eigenvalue weighted by Gasteiger charge is -2.37. The van der Waals surface area contributed by atoms with E-state index in [2.05, 4.69) is 30.1 Å². The molecule has 0 aromatic heterocycles. The third kappa shape index (κ3) is 4.48. The summed E-state index contributed by atoms with van der Waals surface area (Å²) in [5.74, 6) is 0. The highest BCUT2D eigenvalue weighted by molar-refractivity contribution is 6.33. The van der Waals surface area contributed by atoms with E-state index in [-0.39, 0.29) is 6.03 Å². The number of carbonyl (C=O) groups excluding carboxylic acids is 1. The number of rotatable bonds is 3. The van der Waals surface area contributed by atoms with E-state index in [1.165, 1.54) is 11.1 Å². The number of nitrogens with one attached hydrogen (secondary N) is 1. The molecule has 0 spiro atoms. The summed E-state index contributed by atoms with van der Waals surface area (Å²) in [6.07, 6.45) is 0. The summed E-state index contributed by atoms with van der Waals surface area (Å²) in [6, 6.07) is 11.9. The van der Waals surface area contributed by atoms with Crippen LogP contribution in [0.15, 0.2) is 36.4 Å². The molecule has 0 radical (unpaired) electrons. The normalized spacial score (nSPS) is 14.3. The van der Waals surface area contributed by atoms with Gasteiger partial charge in [-0.15, -0.1) is 0 Å². The van der Waals surface area contributed by atoms with Gasteiger partial charge in [-0.3, -0.25) is 0 Å². The van der Waals surface area contributed by atoms with Crippen LogP contribution in [0.4, 0.5) is 21.9 Å². The molecule has 144 valence electrons. The minimum absolute atomic E-state index is 0.0565. The van der Waals surface area contributed by atoms with Crippen molar-refractivity contribution < 1.29 is 4.79 Å². The Morgan fingerprint density at radius 3 is 2.22 bits per heavy atom. The maximum atomic E-state index is 12.6. The summed E-state index contributed by atoms with van der Waals surface area (Å²) in [7, 11) is 3.99. The Hall–Kier alpha value is -2.40. The van der Waals surface area contributed by atoms with E-state index >= 15 is 0 Å². The Morgan fingerprint density at radius 2 is 1.67 bits per heavy atom. The lowest BCUT2D eigenvalue weighted by atomic mass is 10.1. The first-order valence-electron chi connectivity index (χ1n) is 9.20. The first-order chi connectivity index (χ1) is 12.8. The number of amides is 2. The van der Waals surface area contributed by atoms with E-state index in [1.54, 1.807) is 0 Å². The number of nitrogens with zero attached hydrogens (tertiary/aromatic N) is 3. The molecule has 1 aliphatic heterocycles. The van der Waals surface area contributed by atoms with Crippen molar-refractivity contribution in [3.63, 3.8) is 0 Å². The Labute approximate surface area is 166 Å². The second-order valence-corrected chi connectivity index (χ2v) is 7.66. The van der Waals surface area contributed by atoms with Crippen LogP contribution < -0.4 is 15.1 Å². The van der Waals surface area contributed by atoms with Gasteiger partial charge in [0.15, 0.2) is 0 Å². The van der Waals surface area contributed by atoms with Crippen molar-refractivity contribution in [1.29, 1.82) is 0 Å². The fourth-order valence-corrected chi connectivity index (χ4v) is 3.93. The summed E-state index contributed by atoms with van der Waals surface area (Å²) >= 11 is 6.47. The Bertz CT molecular complexity index is 788. The third-order valence-corrected chi connectivity index (χ3v) is 5.20. The highest BCUT2D eigenvalue weighted by Gasteiger charge is 2.23. The molecule has 2 aromatic carbocycles. The Morgan fingerprint density at radius 1 is 1.04 bits per heavy atom. The van der Waals surface area contributed by atoms with Crippen molar-refractivity contribution in [2.75, 3.05) is 55.4 Å². The third-order valence-electron chi connectivity index (χ3n) is 4.92. The molecule has 0 atom stereocenters. The number of anilines is 3. The average Bonchev–Trinajstić information content (AvgIpc) is 2.62. The molecule has 1 fully saturated rings. The minimum Gasteiger partial charge on any atom is -0.378 e. The van der Waals surface area contributed by atoms with Gasteiger partial charge < -0.3 is 20.0 Å². The molecule has 0 saturated carbocycles. The first kappa shape index (κ1) is 19.4. The molecule has 0 bridgehead atoms. The van der Waals surface area contributed by atoms with Crippen molar-refractivity contribution in [1.82, 2.24) is 4.90 Å². The fourth-order valence-electron chi connectivity index (χ4n) is 3.49. The van der Waals surface area contributed by atoms with E-state index in [9.17, 15) is 4.79 Å². The Kier molecular flexibility index (Phi) is 5.80. The van der Waals surface area contributed by atoms with Crippen LogP contribution in [-0.4, -0.2) is 51.2 Å². The molecule has 2 aromatic rings. The van der Waals surface area contributed by atoms with Crippen LogP contribution in [-0.2, 0) is 0 Å². The summed E-state index contributed by atoms with van der Waals surface area (Å²) in [4.78, 5) is 18.7. The first-order valence-corrected chi connectivity index (χ1v) is 9.58. The lowest BCUT2D eigenvalue weighted by Crippen LogP contribution is -2.50. The van der Waals surface area contributed by atoms with Crippen LogP contribution in [0.2, 0.25) is 5.02 Å². The average molecular weight is 387 g/mol. The molecule has 0 unspecified atom stereocenters. The van der Waals surface area contributed by atoms with Crippen LogP contribution in [0.5, 0.6) is 0 Å². The van der Waals surface area contributed by atoms with Gasteiger partial charge in [0.1, 0.15) is 0 Å². The number of halogens is 1. The van der Waals surface area contributed by atoms with Gasteiger partial charge in [-0.25, -0.2) is 4.79 Å². The lowest BCUT2D eigenvalue weighted by molar-refractivity contribution is 0.208. The highest BCUT2D eigenvalue weighted by Crippen LogP contribution is 2.31. The monoisotopic (exact) mass is 386 g/mol. The van der Waals surface area contributed by atoms with E-state index in [4.69, 9.17) is 11.6 Å². The number of urea groups is 1. The van der Waals surface area contributed by atoms with E-state index < -0.39 is 0 Å². The second-order valence-electron chi connectivity index (χ2n) is 7.26. The molecule has 0 aliphatic carbocycles. The Balaban J connectivity index is 1.59. The molecule has 5 nitrogen and oxygen atoms in total. The largest absolute Gasteiger partial charge is 0.378 e. The number of hydrogen-bond acceptors (Lipinski definition) is 3. The molecule has 6 heteroatoms. The van der Waals surface area contributed by atoms with Gasteiger partial charge in [0.25, 0.3) is 0 Å². The maximum absolute atomic E-state index is 12.6. The zero-order valence-corrected chi connectivity index (χ0v) is 17.2. The second kappa shape index (κ2) is 8.09. The van der Waals surface area contributed by atoms with Crippen molar-refractivity contribution >= 4 is 34.7 Å². The topological polar surface area (TPSA) is 38.8 Å². The van der Waals surface area contributed by atoms with Gasteiger partial charge in [0, 0.05) is 51.6 Å². The van der Waals surface area contributed by atoms with Crippen LogP contribution in [0.3, 0.4) is 0 Å². The zero-order chi connectivity index (χ0) is 19.6. The van der Waals surface area contributed by atoms with Gasteiger partial charge in [0.05, 0.1) is 10.7 Å². The van der Waals surface area contributed by atoms with Crippen LogP contribution >= 0.6 is 11.6 Å². The van der Waals surface area contributed by atoms with Gasteiger partial charge in [-0.05, 0) is 55.3 Å². The smallest absolute Gasteiger partial charge is 0.321 e. The van der Waals surface area contributed by atoms with E-state index in [0.29, 0.717) is 13.1 Å². The van der Waals surface area contributed by atoms with Gasteiger partial charge in [0.2, 0.25) is 0 Å². The minimum atomic E-state index is -0.0565. The van der Waals surface area contributed by atoms with Gasteiger partial charge >= 0.3 is 6.03 Å². The molecule has 1 saturated heterocycles. The van der Waals surface area contributed by atoms with Gasteiger partial charge in [-0.1, -0.05) is 17.7 Å². The fraction of sp³-hybridized carbons (Fsp3) is 0.381. The van der Waals surface area contributed by atoms with Crippen molar-refractivity contribution in [2.45, 2.75) is 13.8 Å². The molecular weight excluding hydrogens is 360 g/mol. The maximum Gasteiger partial charge on any atom is 0.321 e. The number of aryl methyl sites for hydroxylation is 2. The molecular formula is C21H27ClN4O. The van der Waals surface area contributed by atoms with Crippen LogP contribution in [0, 0.1) is 13.8 Å². The van der Waals surface area contributed by atoms with Crippen molar-refractivity contribution in [2.24, 2.45) is 0 Å². The number of hydrogen-bond donors (Lipinski definition) is 1. The molecule has 1 heterocycles. The van der Waals surface area contributed by atoms with Crippen molar-refractivity contribution in [3.05, 3.63) is 52.5 Å². The van der Waals surface area contributed by atoms with Crippen LogP contribution in [0.25, 0.3) is 0 Å². The molecule has 1 N–H and O–H groups in total. The zero-order valence-electron chi connectivity index (χ0n) is 16.4.